The summed E-state index contributed by atoms with van der Waals surface area (Å²) in [7, 11) is 0. The normalized spacial score (nSPS) is 13.2. The topological polar surface area (TPSA) is 84.6 Å². The smallest absolute Gasteiger partial charge is 0.420 e. The zero-order valence-corrected chi connectivity index (χ0v) is 18.1. The van der Waals surface area contributed by atoms with Gasteiger partial charge in [0.2, 0.25) is 0 Å². The van der Waals surface area contributed by atoms with Crippen molar-refractivity contribution in [3.8, 4) is 11.5 Å². The molecule has 182 valence electrons. The first-order valence-electron chi connectivity index (χ1n) is 10.0. The number of ether oxygens (including phenoxy) is 1. The molecule has 0 saturated carbocycles. The summed E-state index contributed by atoms with van der Waals surface area (Å²) in [5, 5.41) is 12.1. The van der Waals surface area contributed by atoms with E-state index in [1.807, 2.05) is 20.8 Å². The second kappa shape index (κ2) is 9.90. The molecular weight excluding hydrogens is 454 g/mol. The molecule has 0 aliphatic carbocycles. The fraction of sp³-hybridized carbons (Fsp3) is 0.409. The number of rotatable bonds is 8. The molecule has 0 saturated heterocycles. The van der Waals surface area contributed by atoms with Gasteiger partial charge in [-0.1, -0.05) is 13.8 Å². The first-order chi connectivity index (χ1) is 15.1. The van der Waals surface area contributed by atoms with Gasteiger partial charge in [0.05, 0.1) is 11.1 Å². The molecule has 2 rings (SSSR count). The van der Waals surface area contributed by atoms with Gasteiger partial charge in [-0.05, 0) is 60.7 Å². The van der Waals surface area contributed by atoms with Gasteiger partial charge in [-0.15, -0.1) is 0 Å². The van der Waals surface area contributed by atoms with Crippen molar-refractivity contribution in [2.45, 2.75) is 45.6 Å². The van der Waals surface area contributed by atoms with Crippen molar-refractivity contribution in [3.05, 3.63) is 52.6 Å². The summed E-state index contributed by atoms with van der Waals surface area (Å²) < 4.78 is 87.6. The van der Waals surface area contributed by atoms with Crippen LogP contribution in [0.5, 0.6) is 11.5 Å². The van der Waals surface area contributed by atoms with Gasteiger partial charge >= 0.3 is 18.3 Å². The summed E-state index contributed by atoms with van der Waals surface area (Å²) in [6.07, 6.45) is -10.0. The fourth-order valence-corrected chi connectivity index (χ4v) is 3.23. The number of carbonyl (C=O) groups is 1. The Hall–Kier alpha value is -2.95. The lowest BCUT2D eigenvalue weighted by Gasteiger charge is -2.22. The summed E-state index contributed by atoms with van der Waals surface area (Å²) in [5.74, 6) is -3.31. The Morgan fingerprint density at radius 1 is 1.06 bits per heavy atom. The van der Waals surface area contributed by atoms with E-state index in [1.165, 1.54) is 18.2 Å². The number of nitrogens with two attached hydrogens (primary N) is 1. The SMILES string of the molecule is CCNc1ccc(Oc2c(C(F)(F)F)cc(C(N)C(=O)O)cc2C(F)(F)F)cc1CC(C)C. The van der Waals surface area contributed by atoms with Crippen molar-refractivity contribution < 1.29 is 41.0 Å². The Morgan fingerprint density at radius 2 is 1.61 bits per heavy atom. The second-order valence-electron chi connectivity index (χ2n) is 7.81. The minimum atomic E-state index is -5.27. The van der Waals surface area contributed by atoms with Crippen LogP contribution < -0.4 is 15.8 Å². The number of anilines is 1. The zero-order chi connectivity index (χ0) is 25.1. The predicted octanol–water partition coefficient (Wildman–Crippen LogP) is 6.23. The Kier molecular flexibility index (Phi) is 7.89. The van der Waals surface area contributed by atoms with Crippen LogP contribution in [0.25, 0.3) is 0 Å². The Morgan fingerprint density at radius 3 is 2.03 bits per heavy atom. The summed E-state index contributed by atoms with van der Waals surface area (Å²) >= 11 is 0. The van der Waals surface area contributed by atoms with Crippen molar-refractivity contribution in [2.24, 2.45) is 11.7 Å². The third-order valence-corrected chi connectivity index (χ3v) is 4.64. The van der Waals surface area contributed by atoms with Crippen LogP contribution in [0, 0.1) is 5.92 Å². The van der Waals surface area contributed by atoms with Crippen LogP contribution in [0.2, 0.25) is 0 Å². The average molecular weight is 478 g/mol. The number of benzene rings is 2. The molecule has 4 N–H and O–H groups in total. The van der Waals surface area contributed by atoms with E-state index in [4.69, 9.17) is 15.6 Å². The third kappa shape index (κ3) is 6.53. The number of carboxylic acids is 1. The first-order valence-corrected chi connectivity index (χ1v) is 10.0. The number of halogens is 6. The highest BCUT2D eigenvalue weighted by Crippen LogP contribution is 2.47. The highest BCUT2D eigenvalue weighted by molar-refractivity contribution is 5.75. The number of aliphatic carboxylic acids is 1. The largest absolute Gasteiger partial charge is 0.480 e. The van der Waals surface area contributed by atoms with Crippen LogP contribution in [0.3, 0.4) is 0 Å². The van der Waals surface area contributed by atoms with E-state index < -0.39 is 46.8 Å². The van der Waals surface area contributed by atoms with Crippen LogP contribution in [-0.4, -0.2) is 17.6 Å². The van der Waals surface area contributed by atoms with E-state index in [1.54, 1.807) is 0 Å². The molecule has 1 unspecified atom stereocenters. The standard InChI is InChI=1S/C22H24F6N2O3/c1-4-30-17-6-5-14(8-12(17)7-11(2)3)33-19-15(21(23,24)25)9-13(18(29)20(31)32)10-16(19)22(26,27)28/h5-6,8-11,18,30H,4,7,29H2,1-3H3,(H,31,32). The molecule has 2 aromatic rings. The van der Waals surface area contributed by atoms with Crippen molar-refractivity contribution in [3.63, 3.8) is 0 Å². The van der Waals surface area contributed by atoms with E-state index in [2.05, 4.69) is 5.32 Å². The minimum Gasteiger partial charge on any atom is -0.480 e. The number of carboxylic acid groups (broad SMARTS) is 1. The highest BCUT2D eigenvalue weighted by Gasteiger charge is 2.43. The summed E-state index contributed by atoms with van der Waals surface area (Å²) in [4.78, 5) is 11.1. The van der Waals surface area contributed by atoms with E-state index in [-0.39, 0.29) is 23.8 Å². The van der Waals surface area contributed by atoms with Crippen LogP contribution in [0.1, 0.15) is 49.1 Å². The summed E-state index contributed by atoms with van der Waals surface area (Å²) in [6, 6.07) is 2.62. The van der Waals surface area contributed by atoms with Gasteiger partial charge in [0.1, 0.15) is 11.8 Å². The zero-order valence-electron chi connectivity index (χ0n) is 18.1. The van der Waals surface area contributed by atoms with Gasteiger partial charge in [0.15, 0.2) is 5.75 Å². The molecule has 0 aliphatic rings. The Balaban J connectivity index is 2.71. The molecule has 0 aliphatic heterocycles. The molecule has 2 aromatic carbocycles. The lowest BCUT2D eigenvalue weighted by Crippen LogP contribution is -2.23. The molecule has 0 heterocycles. The monoisotopic (exact) mass is 478 g/mol. The van der Waals surface area contributed by atoms with Crippen molar-refractivity contribution in [1.82, 2.24) is 0 Å². The number of nitrogens with one attached hydrogen (secondary N) is 1. The molecule has 0 fully saturated rings. The summed E-state index contributed by atoms with van der Waals surface area (Å²) in [5.41, 5.74) is 2.25. The number of hydrogen-bond donors (Lipinski definition) is 3. The Labute approximate surface area is 186 Å². The maximum Gasteiger partial charge on any atom is 0.420 e. The highest BCUT2D eigenvalue weighted by atomic mass is 19.4. The first kappa shape index (κ1) is 26.3. The average Bonchev–Trinajstić information content (AvgIpc) is 2.67. The molecular formula is C22H24F6N2O3. The lowest BCUT2D eigenvalue weighted by molar-refractivity contribution is -0.146. The van der Waals surface area contributed by atoms with Crippen molar-refractivity contribution in [2.75, 3.05) is 11.9 Å². The molecule has 0 bridgehead atoms. The molecule has 11 heteroatoms. The van der Waals surface area contributed by atoms with Crippen LogP contribution >= 0.6 is 0 Å². The van der Waals surface area contributed by atoms with Crippen LogP contribution in [0.4, 0.5) is 32.0 Å². The summed E-state index contributed by atoms with van der Waals surface area (Å²) in [6.45, 7) is 6.24. The van der Waals surface area contributed by atoms with Gasteiger partial charge in [-0.2, -0.15) is 26.3 Å². The van der Waals surface area contributed by atoms with E-state index >= 15 is 0 Å². The van der Waals surface area contributed by atoms with E-state index in [0.717, 1.165) is 0 Å². The van der Waals surface area contributed by atoms with Gasteiger partial charge in [-0.3, -0.25) is 4.79 Å². The van der Waals surface area contributed by atoms with Crippen LogP contribution in [-0.2, 0) is 23.6 Å². The minimum absolute atomic E-state index is 0.158. The fourth-order valence-electron chi connectivity index (χ4n) is 3.23. The number of alkyl halides is 6. The maximum atomic E-state index is 13.7. The van der Waals surface area contributed by atoms with Gasteiger partial charge < -0.3 is 20.9 Å². The van der Waals surface area contributed by atoms with Crippen molar-refractivity contribution in [1.29, 1.82) is 0 Å². The molecule has 5 nitrogen and oxygen atoms in total. The predicted molar refractivity (Wildman–Crippen MR) is 110 cm³/mol. The molecule has 0 spiro atoms. The number of hydrogen-bond acceptors (Lipinski definition) is 4. The molecule has 1 atom stereocenters. The van der Waals surface area contributed by atoms with Crippen LogP contribution in [0.15, 0.2) is 30.3 Å². The van der Waals surface area contributed by atoms with Gasteiger partial charge in [-0.25, -0.2) is 0 Å². The Bertz CT molecular complexity index is 968. The maximum absolute atomic E-state index is 13.7. The second-order valence-corrected chi connectivity index (χ2v) is 7.81. The third-order valence-electron chi connectivity index (χ3n) is 4.64. The van der Waals surface area contributed by atoms with E-state index in [9.17, 15) is 31.1 Å². The quantitative estimate of drug-likeness (QED) is 0.392. The molecule has 0 aromatic heterocycles. The molecule has 0 amide bonds. The van der Waals surface area contributed by atoms with E-state index in [0.29, 0.717) is 24.2 Å². The lowest BCUT2D eigenvalue weighted by atomic mass is 9.98. The molecule has 0 radical (unpaired) electrons. The van der Waals surface area contributed by atoms with Gasteiger partial charge in [0, 0.05) is 12.2 Å². The van der Waals surface area contributed by atoms with Crippen molar-refractivity contribution >= 4 is 11.7 Å². The van der Waals surface area contributed by atoms with Gasteiger partial charge in [0.25, 0.3) is 0 Å². The molecule has 33 heavy (non-hydrogen) atoms.